The van der Waals surface area contributed by atoms with E-state index in [2.05, 4.69) is 29.3 Å². The van der Waals surface area contributed by atoms with Crippen molar-refractivity contribution in [3.8, 4) is 0 Å². The molecule has 1 unspecified atom stereocenters. The molecular weight excluding hydrogens is 422 g/mol. The van der Waals surface area contributed by atoms with Gasteiger partial charge < -0.3 is 10.2 Å². The van der Waals surface area contributed by atoms with Gasteiger partial charge in [-0.25, -0.2) is 8.42 Å². The van der Waals surface area contributed by atoms with Crippen LogP contribution in [-0.4, -0.2) is 40.2 Å². The lowest BCUT2D eigenvalue weighted by Gasteiger charge is -2.32. The summed E-state index contributed by atoms with van der Waals surface area (Å²) in [7, 11) is -3.60. The fraction of sp³-hybridized carbons (Fsp3) is 0.480. The molecule has 0 spiro atoms. The quantitative estimate of drug-likeness (QED) is 0.677. The van der Waals surface area contributed by atoms with Gasteiger partial charge in [-0.05, 0) is 80.5 Å². The van der Waals surface area contributed by atoms with E-state index in [0.29, 0.717) is 5.69 Å². The number of anilines is 2. The summed E-state index contributed by atoms with van der Waals surface area (Å²) in [6.45, 7) is 10.0. The van der Waals surface area contributed by atoms with E-state index < -0.39 is 10.0 Å². The minimum atomic E-state index is -3.60. The molecule has 1 amide bonds. The zero-order valence-corrected chi connectivity index (χ0v) is 20.6. The van der Waals surface area contributed by atoms with Crippen LogP contribution in [0, 0.1) is 19.8 Å². The number of piperidine rings is 1. The molecule has 0 saturated carbocycles. The summed E-state index contributed by atoms with van der Waals surface area (Å²) in [5.41, 5.74) is 4.75. The first-order valence-corrected chi connectivity index (χ1v) is 13.1. The zero-order valence-electron chi connectivity index (χ0n) is 19.8. The van der Waals surface area contributed by atoms with E-state index in [1.54, 1.807) is 12.1 Å². The van der Waals surface area contributed by atoms with Crippen molar-refractivity contribution in [1.82, 2.24) is 5.32 Å². The molecule has 2 aromatic rings. The molecule has 1 heterocycles. The Morgan fingerprint density at radius 1 is 1.09 bits per heavy atom. The van der Waals surface area contributed by atoms with Gasteiger partial charge in [-0.15, -0.1) is 0 Å². The Balaban J connectivity index is 1.65. The molecule has 32 heavy (non-hydrogen) atoms. The molecule has 6 nitrogen and oxygen atoms in total. The Labute approximate surface area is 192 Å². The summed E-state index contributed by atoms with van der Waals surface area (Å²) in [6.07, 6.45) is 3.55. The zero-order chi connectivity index (χ0) is 23.5. The normalized spacial score (nSPS) is 16.0. The lowest BCUT2D eigenvalue weighted by Crippen LogP contribution is -2.41. The summed E-state index contributed by atoms with van der Waals surface area (Å²) in [4.78, 5) is 15.1. The van der Waals surface area contributed by atoms with Gasteiger partial charge in [0.1, 0.15) is 6.54 Å². The second kappa shape index (κ2) is 9.94. The first-order chi connectivity index (χ1) is 15.0. The Morgan fingerprint density at radius 2 is 1.72 bits per heavy atom. The lowest BCUT2D eigenvalue weighted by molar-refractivity contribution is -0.120. The van der Waals surface area contributed by atoms with Crippen molar-refractivity contribution >= 4 is 27.3 Å². The second-order valence-corrected chi connectivity index (χ2v) is 11.0. The fourth-order valence-corrected chi connectivity index (χ4v) is 4.87. The monoisotopic (exact) mass is 457 g/mol. The Morgan fingerprint density at radius 3 is 2.28 bits per heavy atom. The van der Waals surface area contributed by atoms with Crippen molar-refractivity contribution in [1.29, 1.82) is 0 Å². The maximum absolute atomic E-state index is 12.7. The van der Waals surface area contributed by atoms with Gasteiger partial charge in [0.05, 0.1) is 18.0 Å². The average Bonchev–Trinajstić information content (AvgIpc) is 2.74. The Kier molecular flexibility index (Phi) is 7.49. The molecular formula is C25H35N3O3S. The molecule has 1 aliphatic heterocycles. The number of carbonyl (C=O) groups excluding carboxylic acids is 1. The highest BCUT2D eigenvalue weighted by Gasteiger charge is 2.22. The highest BCUT2D eigenvalue weighted by atomic mass is 32.2. The molecule has 3 rings (SSSR count). The van der Waals surface area contributed by atoms with Crippen molar-refractivity contribution in [3.05, 3.63) is 59.2 Å². The average molecular weight is 458 g/mol. The number of nitrogens with one attached hydrogen (secondary N) is 1. The van der Waals surface area contributed by atoms with Crippen molar-refractivity contribution in [3.63, 3.8) is 0 Å². The number of hydrogen-bond acceptors (Lipinski definition) is 4. The van der Waals surface area contributed by atoms with Crippen LogP contribution < -0.4 is 14.5 Å². The molecule has 1 aliphatic rings. The van der Waals surface area contributed by atoms with Crippen LogP contribution in [0.1, 0.15) is 49.4 Å². The molecule has 2 aromatic carbocycles. The standard InChI is InChI=1S/C25H35N3O3S/c1-18-12-14-27(15-13-18)23-10-7-22(8-11-23)21(4)26-25(29)17-28(32(5,30)31)24-9-6-19(2)20(3)16-24/h6-11,16,18,21H,12-15,17H2,1-5H3,(H,26,29). The van der Waals surface area contributed by atoms with Crippen LogP contribution in [0.25, 0.3) is 0 Å². The minimum absolute atomic E-state index is 0.223. The Hall–Kier alpha value is -2.54. The first kappa shape index (κ1) is 24.1. The summed E-state index contributed by atoms with van der Waals surface area (Å²) in [6, 6.07) is 13.5. The number of aryl methyl sites for hydroxylation is 2. The smallest absolute Gasteiger partial charge is 0.241 e. The van der Waals surface area contributed by atoms with E-state index >= 15 is 0 Å². The van der Waals surface area contributed by atoms with Crippen molar-refractivity contribution in [2.24, 2.45) is 5.92 Å². The highest BCUT2D eigenvalue weighted by molar-refractivity contribution is 7.92. The van der Waals surface area contributed by atoms with Crippen LogP contribution in [0.4, 0.5) is 11.4 Å². The summed E-state index contributed by atoms with van der Waals surface area (Å²) >= 11 is 0. The predicted molar refractivity (Wildman–Crippen MR) is 132 cm³/mol. The number of sulfonamides is 1. The number of rotatable bonds is 7. The second-order valence-electron chi connectivity index (χ2n) is 9.09. The number of hydrogen-bond donors (Lipinski definition) is 1. The van der Waals surface area contributed by atoms with Crippen LogP contribution in [0.2, 0.25) is 0 Å². The van der Waals surface area contributed by atoms with Crippen LogP contribution in [0.3, 0.4) is 0 Å². The highest BCUT2D eigenvalue weighted by Crippen LogP contribution is 2.25. The van der Waals surface area contributed by atoms with Gasteiger partial charge in [-0.3, -0.25) is 9.10 Å². The summed E-state index contributed by atoms with van der Waals surface area (Å²) in [5, 5.41) is 2.94. The lowest BCUT2D eigenvalue weighted by atomic mass is 9.98. The predicted octanol–water partition coefficient (Wildman–Crippen LogP) is 4.18. The van der Waals surface area contributed by atoms with Crippen molar-refractivity contribution < 1.29 is 13.2 Å². The summed E-state index contributed by atoms with van der Waals surface area (Å²) < 4.78 is 25.9. The molecule has 1 N–H and O–H groups in total. The molecule has 7 heteroatoms. The molecule has 1 atom stereocenters. The van der Waals surface area contributed by atoms with E-state index in [-0.39, 0.29) is 18.5 Å². The third-order valence-electron chi connectivity index (χ3n) is 6.39. The van der Waals surface area contributed by atoms with Gasteiger partial charge in [0.2, 0.25) is 15.9 Å². The van der Waals surface area contributed by atoms with Gasteiger partial charge in [0.15, 0.2) is 0 Å². The fourth-order valence-electron chi connectivity index (χ4n) is 4.02. The molecule has 0 bridgehead atoms. The number of benzene rings is 2. The van der Waals surface area contributed by atoms with Crippen molar-refractivity contribution in [2.75, 3.05) is 35.1 Å². The largest absolute Gasteiger partial charge is 0.372 e. The summed E-state index contributed by atoms with van der Waals surface area (Å²) in [5.74, 6) is 0.450. The minimum Gasteiger partial charge on any atom is -0.372 e. The van der Waals surface area contributed by atoms with Gasteiger partial charge in [-0.1, -0.05) is 25.1 Å². The van der Waals surface area contributed by atoms with Gasteiger partial charge >= 0.3 is 0 Å². The molecule has 1 fully saturated rings. The SMILES string of the molecule is Cc1ccc(N(CC(=O)NC(C)c2ccc(N3CCC(C)CC3)cc2)S(C)(=O)=O)cc1C. The van der Waals surface area contributed by atoms with E-state index in [0.717, 1.165) is 46.3 Å². The topological polar surface area (TPSA) is 69.7 Å². The maximum atomic E-state index is 12.7. The van der Waals surface area contributed by atoms with Crippen LogP contribution in [-0.2, 0) is 14.8 Å². The first-order valence-electron chi connectivity index (χ1n) is 11.2. The molecule has 1 saturated heterocycles. The van der Waals surface area contributed by atoms with Gasteiger partial charge in [0.25, 0.3) is 0 Å². The van der Waals surface area contributed by atoms with Crippen molar-refractivity contribution in [2.45, 2.75) is 46.6 Å². The van der Waals surface area contributed by atoms with Crippen LogP contribution >= 0.6 is 0 Å². The third-order valence-corrected chi connectivity index (χ3v) is 7.53. The van der Waals surface area contributed by atoms with E-state index in [1.807, 2.05) is 39.0 Å². The van der Waals surface area contributed by atoms with Gasteiger partial charge in [0, 0.05) is 18.8 Å². The van der Waals surface area contributed by atoms with E-state index in [4.69, 9.17) is 0 Å². The molecule has 0 aromatic heterocycles. The van der Waals surface area contributed by atoms with E-state index in [1.165, 1.54) is 18.5 Å². The van der Waals surface area contributed by atoms with Crippen LogP contribution in [0.5, 0.6) is 0 Å². The molecule has 0 aliphatic carbocycles. The van der Waals surface area contributed by atoms with Gasteiger partial charge in [-0.2, -0.15) is 0 Å². The molecule has 174 valence electrons. The third kappa shape index (κ3) is 6.03. The number of carbonyl (C=O) groups is 1. The van der Waals surface area contributed by atoms with E-state index in [9.17, 15) is 13.2 Å². The maximum Gasteiger partial charge on any atom is 0.241 e. The number of nitrogens with zero attached hydrogens (tertiary/aromatic N) is 2. The number of amides is 1. The van der Waals surface area contributed by atoms with Crippen LogP contribution in [0.15, 0.2) is 42.5 Å². The Bertz CT molecular complexity index is 1040. The molecule has 0 radical (unpaired) electrons.